The van der Waals surface area contributed by atoms with Crippen LogP contribution >= 0.6 is 0 Å². The highest BCUT2D eigenvalue weighted by Crippen LogP contribution is 2.38. The number of nitro groups is 1. The largest absolute Gasteiger partial charge is 0.361 e. The van der Waals surface area contributed by atoms with Gasteiger partial charge in [-0.1, -0.05) is 26.7 Å². The summed E-state index contributed by atoms with van der Waals surface area (Å²) in [5, 5.41) is 14.3. The van der Waals surface area contributed by atoms with Gasteiger partial charge in [-0.05, 0) is 18.3 Å². The van der Waals surface area contributed by atoms with E-state index in [4.69, 9.17) is 5.84 Å². The van der Waals surface area contributed by atoms with Crippen LogP contribution in [0.15, 0.2) is 6.20 Å². The van der Waals surface area contributed by atoms with E-state index in [0.717, 1.165) is 19.3 Å². The molecule has 1 aliphatic carbocycles. The van der Waals surface area contributed by atoms with Gasteiger partial charge in [-0.2, -0.15) is 4.98 Å². The first-order valence-electron chi connectivity index (χ1n) is 6.68. The van der Waals surface area contributed by atoms with Crippen LogP contribution in [0.25, 0.3) is 0 Å². The molecule has 8 heteroatoms. The standard InChI is InChI=1S/C12H20N6O2/c1-12(2)6-4-3-5-9(12)15-10-8(18(19)20)7-14-11(16-10)17-13/h7,9H,3-6,13H2,1-2H3,(H2,14,15,16,17). The van der Waals surface area contributed by atoms with E-state index in [1.807, 2.05) is 0 Å². The first kappa shape index (κ1) is 14.4. The lowest BCUT2D eigenvalue weighted by molar-refractivity contribution is -0.384. The van der Waals surface area contributed by atoms with Gasteiger partial charge in [0.1, 0.15) is 6.20 Å². The number of anilines is 2. The van der Waals surface area contributed by atoms with Gasteiger partial charge in [0.2, 0.25) is 11.8 Å². The van der Waals surface area contributed by atoms with Crippen molar-refractivity contribution in [1.29, 1.82) is 0 Å². The van der Waals surface area contributed by atoms with Gasteiger partial charge >= 0.3 is 5.69 Å². The van der Waals surface area contributed by atoms with E-state index in [1.165, 1.54) is 12.6 Å². The Hall–Kier alpha value is -1.96. The number of nitrogens with one attached hydrogen (secondary N) is 2. The molecule has 0 aromatic carbocycles. The van der Waals surface area contributed by atoms with Crippen LogP contribution in [0.1, 0.15) is 39.5 Å². The molecule has 1 saturated carbocycles. The predicted octanol–water partition coefficient (Wildman–Crippen LogP) is 2.05. The fourth-order valence-corrected chi connectivity index (χ4v) is 2.61. The van der Waals surface area contributed by atoms with Crippen LogP contribution in [0.2, 0.25) is 0 Å². The molecule has 1 aromatic heterocycles. The molecule has 1 fully saturated rings. The molecule has 2 rings (SSSR count). The number of nitrogens with two attached hydrogens (primary N) is 1. The van der Waals surface area contributed by atoms with Gasteiger partial charge in [0.25, 0.3) is 0 Å². The molecule has 4 N–H and O–H groups in total. The molecule has 0 spiro atoms. The lowest BCUT2D eigenvalue weighted by Crippen LogP contribution is -2.39. The van der Waals surface area contributed by atoms with Crippen LogP contribution < -0.4 is 16.6 Å². The summed E-state index contributed by atoms with van der Waals surface area (Å²) < 4.78 is 0. The Bertz CT molecular complexity index is 505. The number of nitrogens with zero attached hydrogens (tertiary/aromatic N) is 3. The SMILES string of the molecule is CC1(C)CCCCC1Nc1nc(NN)ncc1[N+](=O)[O-]. The molecule has 0 aliphatic heterocycles. The Morgan fingerprint density at radius 1 is 1.50 bits per heavy atom. The molecular weight excluding hydrogens is 260 g/mol. The molecule has 0 bridgehead atoms. The molecule has 1 aliphatic rings. The summed E-state index contributed by atoms with van der Waals surface area (Å²) in [5.74, 6) is 5.64. The minimum absolute atomic E-state index is 0.0768. The van der Waals surface area contributed by atoms with Crippen molar-refractivity contribution in [3.8, 4) is 0 Å². The average Bonchev–Trinajstić information content (AvgIpc) is 2.40. The van der Waals surface area contributed by atoms with E-state index in [-0.39, 0.29) is 28.9 Å². The quantitative estimate of drug-likeness (QED) is 0.438. The van der Waals surface area contributed by atoms with Crippen LogP contribution in [0.4, 0.5) is 17.5 Å². The van der Waals surface area contributed by atoms with Crippen molar-refractivity contribution in [2.45, 2.75) is 45.6 Å². The molecule has 1 unspecified atom stereocenters. The lowest BCUT2D eigenvalue weighted by atomic mass is 9.73. The molecule has 0 amide bonds. The second-order valence-corrected chi connectivity index (χ2v) is 5.76. The minimum atomic E-state index is -0.488. The zero-order valence-electron chi connectivity index (χ0n) is 11.7. The van der Waals surface area contributed by atoms with E-state index < -0.39 is 4.92 Å². The van der Waals surface area contributed by atoms with Gasteiger partial charge in [-0.15, -0.1) is 0 Å². The van der Waals surface area contributed by atoms with E-state index in [2.05, 4.69) is 34.6 Å². The lowest BCUT2D eigenvalue weighted by Gasteiger charge is -2.39. The summed E-state index contributed by atoms with van der Waals surface area (Å²) in [5.41, 5.74) is 2.25. The zero-order chi connectivity index (χ0) is 14.8. The summed E-state index contributed by atoms with van der Waals surface area (Å²) in [6.07, 6.45) is 5.53. The first-order valence-corrected chi connectivity index (χ1v) is 6.68. The van der Waals surface area contributed by atoms with Crippen LogP contribution in [0.5, 0.6) is 0 Å². The molecular formula is C12H20N6O2. The van der Waals surface area contributed by atoms with E-state index in [0.29, 0.717) is 0 Å². The van der Waals surface area contributed by atoms with Crippen LogP contribution in [0, 0.1) is 15.5 Å². The van der Waals surface area contributed by atoms with Crippen LogP contribution in [0.3, 0.4) is 0 Å². The highest BCUT2D eigenvalue weighted by Gasteiger charge is 2.34. The molecule has 8 nitrogen and oxygen atoms in total. The maximum Gasteiger partial charge on any atom is 0.329 e. The Balaban J connectivity index is 2.29. The maximum atomic E-state index is 11.1. The number of hydrazine groups is 1. The van der Waals surface area contributed by atoms with Gasteiger partial charge in [0.15, 0.2) is 0 Å². The second-order valence-electron chi connectivity index (χ2n) is 5.76. The van der Waals surface area contributed by atoms with Crippen LogP contribution in [-0.2, 0) is 0 Å². The smallest absolute Gasteiger partial charge is 0.329 e. The third-order valence-electron chi connectivity index (χ3n) is 3.91. The minimum Gasteiger partial charge on any atom is -0.361 e. The number of nitrogen functional groups attached to an aromatic ring is 1. The molecule has 1 heterocycles. The van der Waals surface area contributed by atoms with Gasteiger partial charge in [0.05, 0.1) is 4.92 Å². The summed E-state index contributed by atoms with van der Waals surface area (Å²) in [6, 6.07) is 0.149. The topological polar surface area (TPSA) is 119 Å². The summed E-state index contributed by atoms with van der Waals surface area (Å²) in [6.45, 7) is 4.33. The Morgan fingerprint density at radius 3 is 2.85 bits per heavy atom. The molecule has 0 radical (unpaired) electrons. The molecule has 1 atom stereocenters. The van der Waals surface area contributed by atoms with Crippen molar-refractivity contribution in [1.82, 2.24) is 9.97 Å². The first-order chi connectivity index (χ1) is 9.44. The fraction of sp³-hybridized carbons (Fsp3) is 0.667. The molecule has 0 saturated heterocycles. The molecule has 1 aromatic rings. The van der Waals surface area contributed by atoms with E-state index in [9.17, 15) is 10.1 Å². The number of rotatable bonds is 4. The fourth-order valence-electron chi connectivity index (χ4n) is 2.61. The summed E-state index contributed by atoms with van der Waals surface area (Å²) in [7, 11) is 0. The molecule has 20 heavy (non-hydrogen) atoms. The Kier molecular flexibility index (Phi) is 4.03. The zero-order valence-corrected chi connectivity index (χ0v) is 11.7. The van der Waals surface area contributed by atoms with Gasteiger partial charge in [-0.25, -0.2) is 10.8 Å². The summed E-state index contributed by atoms with van der Waals surface area (Å²) >= 11 is 0. The van der Waals surface area contributed by atoms with Gasteiger partial charge in [-0.3, -0.25) is 15.5 Å². The second kappa shape index (κ2) is 5.58. The van der Waals surface area contributed by atoms with Crippen LogP contribution in [-0.4, -0.2) is 20.9 Å². The highest BCUT2D eigenvalue weighted by molar-refractivity contribution is 5.57. The predicted molar refractivity (Wildman–Crippen MR) is 76.2 cm³/mol. The third-order valence-corrected chi connectivity index (χ3v) is 3.91. The van der Waals surface area contributed by atoms with E-state index in [1.54, 1.807) is 0 Å². The third kappa shape index (κ3) is 2.96. The summed E-state index contributed by atoms with van der Waals surface area (Å²) in [4.78, 5) is 18.4. The number of hydrogen-bond donors (Lipinski definition) is 3. The molecule has 110 valence electrons. The average molecular weight is 280 g/mol. The van der Waals surface area contributed by atoms with Gasteiger partial charge < -0.3 is 5.32 Å². The Labute approximate surface area is 117 Å². The normalized spacial score (nSPS) is 21.2. The number of hydrogen-bond acceptors (Lipinski definition) is 7. The van der Waals surface area contributed by atoms with Crippen molar-refractivity contribution in [3.05, 3.63) is 16.3 Å². The van der Waals surface area contributed by atoms with E-state index >= 15 is 0 Å². The van der Waals surface area contributed by atoms with Crippen molar-refractivity contribution in [2.75, 3.05) is 10.7 Å². The van der Waals surface area contributed by atoms with Gasteiger partial charge in [0, 0.05) is 6.04 Å². The van der Waals surface area contributed by atoms with Crippen molar-refractivity contribution in [3.63, 3.8) is 0 Å². The monoisotopic (exact) mass is 280 g/mol. The van der Waals surface area contributed by atoms with Crippen molar-refractivity contribution < 1.29 is 4.92 Å². The van der Waals surface area contributed by atoms with Crippen molar-refractivity contribution >= 4 is 17.5 Å². The maximum absolute atomic E-state index is 11.1. The number of aromatic nitrogens is 2. The van der Waals surface area contributed by atoms with Crippen molar-refractivity contribution in [2.24, 2.45) is 11.3 Å². The Morgan fingerprint density at radius 2 is 2.25 bits per heavy atom. The highest BCUT2D eigenvalue weighted by atomic mass is 16.6.